The molecule has 150 valence electrons. The number of rotatable bonds is 11. The molecule has 1 aromatic rings. The van der Waals surface area contributed by atoms with Crippen molar-refractivity contribution in [3.8, 4) is 0 Å². The first-order valence-electron chi connectivity index (χ1n) is 10.0. The molecule has 0 aromatic carbocycles. The normalized spacial score (nSPS) is 13.5. The van der Waals surface area contributed by atoms with E-state index in [2.05, 4.69) is 59.9 Å². The largest absolute Gasteiger partial charge is 0.463 e. The summed E-state index contributed by atoms with van der Waals surface area (Å²) in [5, 5.41) is 0.230. The van der Waals surface area contributed by atoms with E-state index in [0.717, 1.165) is 24.4 Å². The highest BCUT2D eigenvalue weighted by Crippen LogP contribution is 2.37. The van der Waals surface area contributed by atoms with Gasteiger partial charge in [0.2, 0.25) is 0 Å². The highest BCUT2D eigenvalue weighted by atomic mass is 35.5. The van der Waals surface area contributed by atoms with Crippen LogP contribution in [-0.2, 0) is 17.5 Å². The van der Waals surface area contributed by atoms with E-state index in [-0.39, 0.29) is 5.04 Å². The monoisotopic (exact) mass is 398 g/mol. The van der Waals surface area contributed by atoms with Gasteiger partial charge in [-0.25, -0.2) is 0 Å². The summed E-state index contributed by atoms with van der Waals surface area (Å²) in [6.45, 7) is 16.2. The van der Waals surface area contributed by atoms with Crippen molar-refractivity contribution in [1.29, 1.82) is 0 Å². The lowest BCUT2D eigenvalue weighted by molar-refractivity contribution is 0.241. The molecule has 1 rings (SSSR count). The summed E-state index contributed by atoms with van der Waals surface area (Å²) in [5.74, 6) is 2.76. The molecule has 0 saturated heterocycles. The van der Waals surface area contributed by atoms with Crippen molar-refractivity contribution >= 4 is 19.9 Å². The number of aryl methyl sites for hydroxylation is 2. The van der Waals surface area contributed by atoms with Crippen LogP contribution in [0.5, 0.6) is 0 Å². The predicted molar refractivity (Wildman–Crippen MR) is 117 cm³/mol. The maximum Gasteiger partial charge on any atom is 0.192 e. The lowest BCUT2D eigenvalue weighted by atomic mass is 10.1. The molecule has 2 nitrogen and oxygen atoms in total. The van der Waals surface area contributed by atoms with Crippen LogP contribution in [0.15, 0.2) is 22.1 Å². The summed E-state index contributed by atoms with van der Waals surface area (Å²) in [5.41, 5.74) is 2.51. The van der Waals surface area contributed by atoms with Crippen molar-refractivity contribution in [2.45, 2.75) is 97.9 Å². The van der Waals surface area contributed by atoms with Gasteiger partial charge in [-0.2, -0.15) is 0 Å². The van der Waals surface area contributed by atoms with Crippen molar-refractivity contribution in [3.05, 3.63) is 34.8 Å². The smallest absolute Gasteiger partial charge is 0.192 e. The average Bonchev–Trinajstić information content (AvgIpc) is 2.90. The van der Waals surface area contributed by atoms with Gasteiger partial charge >= 0.3 is 0 Å². The van der Waals surface area contributed by atoms with E-state index in [9.17, 15) is 0 Å². The number of hydrogen-bond donors (Lipinski definition) is 0. The van der Waals surface area contributed by atoms with Crippen molar-refractivity contribution < 1.29 is 8.84 Å². The second kappa shape index (κ2) is 10.7. The third-order valence-electron chi connectivity index (χ3n) is 5.52. The summed E-state index contributed by atoms with van der Waals surface area (Å²) < 4.78 is 12.4. The van der Waals surface area contributed by atoms with Crippen LogP contribution in [-0.4, -0.2) is 14.2 Å². The summed E-state index contributed by atoms with van der Waals surface area (Å²) in [6.07, 6.45) is 9.39. The molecule has 0 saturated carbocycles. The van der Waals surface area contributed by atoms with Crippen molar-refractivity contribution in [2.24, 2.45) is 0 Å². The Bertz CT molecular complexity index is 567. The quantitative estimate of drug-likeness (QED) is 0.164. The fourth-order valence-corrected chi connectivity index (χ4v) is 3.55. The van der Waals surface area contributed by atoms with Gasteiger partial charge in [0.25, 0.3) is 0 Å². The summed E-state index contributed by atoms with van der Waals surface area (Å²) in [6, 6.07) is 2.19. The Morgan fingerprint density at radius 2 is 1.85 bits per heavy atom. The van der Waals surface area contributed by atoms with E-state index in [4.69, 9.17) is 20.4 Å². The standard InChI is InChI=1S/C22H39ClO2Si/c1-18(16-23)13-11-9-8-10-12-14-20-15-19(2)21(25-20)17-24-26(6,7)22(3,4)5/h13,15H,8-12,14,16-17H2,1-7H3/b18-13-. The van der Waals surface area contributed by atoms with Gasteiger partial charge < -0.3 is 8.84 Å². The highest BCUT2D eigenvalue weighted by molar-refractivity contribution is 6.74. The zero-order chi connectivity index (χ0) is 19.8. The molecule has 0 unspecified atom stereocenters. The molecule has 1 aromatic heterocycles. The number of halogens is 1. The third-order valence-corrected chi connectivity index (χ3v) is 10.4. The molecular formula is C22H39ClO2Si. The second-order valence-electron chi connectivity index (χ2n) is 9.00. The number of allylic oxidation sites excluding steroid dienone is 2. The Morgan fingerprint density at radius 1 is 1.19 bits per heavy atom. The maximum absolute atomic E-state index is 6.30. The molecule has 26 heavy (non-hydrogen) atoms. The minimum absolute atomic E-state index is 0.230. The van der Waals surface area contributed by atoms with E-state index >= 15 is 0 Å². The van der Waals surface area contributed by atoms with Gasteiger partial charge in [-0.15, -0.1) is 11.6 Å². The Kier molecular flexibility index (Phi) is 9.71. The van der Waals surface area contributed by atoms with E-state index < -0.39 is 8.32 Å². The number of alkyl halides is 1. The lowest BCUT2D eigenvalue weighted by Crippen LogP contribution is -2.40. The van der Waals surface area contributed by atoms with Crippen LogP contribution in [0.3, 0.4) is 0 Å². The Morgan fingerprint density at radius 3 is 2.46 bits per heavy atom. The van der Waals surface area contributed by atoms with Gasteiger partial charge in [0.1, 0.15) is 11.5 Å². The summed E-state index contributed by atoms with van der Waals surface area (Å²) >= 11 is 5.78. The van der Waals surface area contributed by atoms with Crippen molar-refractivity contribution in [3.63, 3.8) is 0 Å². The molecular weight excluding hydrogens is 360 g/mol. The second-order valence-corrected chi connectivity index (χ2v) is 14.1. The molecule has 0 bridgehead atoms. The molecule has 0 aliphatic heterocycles. The molecule has 0 fully saturated rings. The van der Waals surface area contributed by atoms with E-state index in [1.165, 1.54) is 36.8 Å². The molecule has 4 heteroatoms. The molecule has 0 N–H and O–H groups in total. The van der Waals surface area contributed by atoms with E-state index in [1.54, 1.807) is 0 Å². The summed E-state index contributed by atoms with van der Waals surface area (Å²) in [7, 11) is -1.73. The first-order chi connectivity index (χ1) is 12.1. The van der Waals surface area contributed by atoms with Gasteiger partial charge in [-0.1, -0.05) is 45.3 Å². The Labute approximate surface area is 167 Å². The van der Waals surface area contributed by atoms with Crippen LogP contribution in [0.4, 0.5) is 0 Å². The lowest BCUT2D eigenvalue weighted by Gasteiger charge is -2.35. The number of hydrogen-bond acceptors (Lipinski definition) is 2. The van der Waals surface area contributed by atoms with Crippen LogP contribution in [0.25, 0.3) is 0 Å². The van der Waals surface area contributed by atoms with Crippen LogP contribution < -0.4 is 0 Å². The van der Waals surface area contributed by atoms with E-state index in [0.29, 0.717) is 12.5 Å². The fraction of sp³-hybridized carbons (Fsp3) is 0.727. The first-order valence-corrected chi connectivity index (χ1v) is 13.4. The van der Waals surface area contributed by atoms with Crippen LogP contribution in [0.1, 0.15) is 76.9 Å². The van der Waals surface area contributed by atoms with Gasteiger partial charge in [0, 0.05) is 12.3 Å². The number of unbranched alkanes of at least 4 members (excludes halogenated alkanes) is 4. The third kappa shape index (κ3) is 8.02. The van der Waals surface area contributed by atoms with Crippen molar-refractivity contribution in [2.75, 3.05) is 5.88 Å². The molecule has 0 spiro atoms. The molecule has 0 aliphatic rings. The molecule has 0 amide bonds. The molecule has 0 atom stereocenters. The first kappa shape index (κ1) is 23.5. The Hall–Kier alpha value is -0.513. The van der Waals surface area contributed by atoms with Gasteiger partial charge in [0.15, 0.2) is 8.32 Å². The maximum atomic E-state index is 6.30. The summed E-state index contributed by atoms with van der Waals surface area (Å²) in [4.78, 5) is 0. The molecule has 1 heterocycles. The Balaban J connectivity index is 2.35. The number of furan rings is 1. The average molecular weight is 399 g/mol. The van der Waals surface area contributed by atoms with Crippen LogP contribution >= 0.6 is 11.6 Å². The topological polar surface area (TPSA) is 22.4 Å². The minimum Gasteiger partial charge on any atom is -0.463 e. The zero-order valence-corrected chi connectivity index (χ0v) is 19.8. The minimum atomic E-state index is -1.73. The van der Waals surface area contributed by atoms with Gasteiger partial charge in [-0.3, -0.25) is 0 Å². The van der Waals surface area contributed by atoms with E-state index in [1.807, 2.05) is 0 Å². The van der Waals surface area contributed by atoms with Crippen LogP contribution in [0, 0.1) is 6.92 Å². The fourth-order valence-electron chi connectivity index (χ4n) is 2.52. The zero-order valence-electron chi connectivity index (χ0n) is 18.0. The SMILES string of the molecule is C/C(=C/CCCCCCc1cc(C)c(CO[Si](C)(C)C(C)(C)C)o1)CCl. The predicted octanol–water partition coefficient (Wildman–Crippen LogP) is 7.79. The highest BCUT2D eigenvalue weighted by Gasteiger charge is 2.37. The molecule has 0 radical (unpaired) electrons. The molecule has 0 aliphatic carbocycles. The van der Waals surface area contributed by atoms with Crippen molar-refractivity contribution in [1.82, 2.24) is 0 Å². The van der Waals surface area contributed by atoms with Crippen LogP contribution in [0.2, 0.25) is 18.1 Å². The van der Waals surface area contributed by atoms with Gasteiger partial charge in [0.05, 0.1) is 6.61 Å². The van der Waals surface area contributed by atoms with Gasteiger partial charge in [-0.05, 0) is 62.9 Å².